The van der Waals surface area contributed by atoms with Crippen LogP contribution in [0.15, 0.2) is 34.8 Å². The van der Waals surface area contributed by atoms with E-state index in [0.717, 1.165) is 16.8 Å². The van der Waals surface area contributed by atoms with Crippen LogP contribution in [0.4, 0.5) is 4.39 Å². The van der Waals surface area contributed by atoms with Gasteiger partial charge in [-0.05, 0) is 52.7 Å². The van der Waals surface area contributed by atoms with Crippen LogP contribution in [-0.4, -0.2) is 9.55 Å². The minimum absolute atomic E-state index is 0.236. The van der Waals surface area contributed by atoms with E-state index in [4.69, 9.17) is 23.2 Å². The first kappa shape index (κ1) is 14.8. The summed E-state index contributed by atoms with van der Waals surface area (Å²) in [6.07, 6.45) is 0. The average Bonchev–Trinajstić information content (AvgIpc) is 2.83. The lowest BCUT2D eigenvalue weighted by Crippen LogP contribution is -2.02. The number of rotatable bonds is 2. The second-order valence-electron chi connectivity index (χ2n) is 4.66. The summed E-state index contributed by atoms with van der Waals surface area (Å²) >= 11 is 15.4. The van der Waals surface area contributed by atoms with E-state index in [0.29, 0.717) is 20.8 Å². The quantitative estimate of drug-likeness (QED) is 0.521. The topological polar surface area (TPSA) is 17.8 Å². The molecule has 1 heterocycles. The third-order valence-electron chi connectivity index (χ3n) is 3.30. The van der Waals surface area contributed by atoms with Crippen molar-refractivity contribution in [1.82, 2.24) is 9.55 Å². The first-order valence-corrected chi connectivity index (χ1v) is 7.91. The fraction of sp³-hybridized carbons (Fsp3) is 0.133. The van der Waals surface area contributed by atoms with Gasteiger partial charge in [-0.2, -0.15) is 0 Å². The molecule has 0 unspecified atom stereocenters. The number of imidazole rings is 1. The van der Waals surface area contributed by atoms with Crippen molar-refractivity contribution in [3.63, 3.8) is 0 Å². The Morgan fingerprint density at radius 1 is 1.33 bits per heavy atom. The number of aromatic nitrogens is 2. The molecular formula is C15H10BrCl2FN2. The molecule has 0 radical (unpaired) electrons. The third-order valence-corrected chi connectivity index (χ3v) is 4.46. The van der Waals surface area contributed by atoms with E-state index in [2.05, 4.69) is 20.9 Å². The van der Waals surface area contributed by atoms with Gasteiger partial charge in [0, 0.05) is 0 Å². The fourth-order valence-electron chi connectivity index (χ4n) is 2.35. The number of halogens is 4. The molecule has 0 aliphatic carbocycles. The second kappa shape index (κ2) is 5.59. The molecule has 0 atom stereocenters. The maximum atomic E-state index is 13.6. The number of hydrogen-bond donors (Lipinski definition) is 0. The van der Waals surface area contributed by atoms with Crippen LogP contribution in [0.2, 0.25) is 5.02 Å². The maximum Gasteiger partial charge on any atom is 0.137 e. The Bertz CT molecular complexity index is 845. The number of nitrogens with zero attached hydrogens (tertiary/aromatic N) is 2. The van der Waals surface area contributed by atoms with Gasteiger partial charge in [0.1, 0.15) is 17.2 Å². The van der Waals surface area contributed by atoms with Crippen molar-refractivity contribution in [2.45, 2.75) is 12.8 Å². The highest BCUT2D eigenvalue weighted by Crippen LogP contribution is 2.31. The van der Waals surface area contributed by atoms with E-state index in [-0.39, 0.29) is 11.7 Å². The van der Waals surface area contributed by atoms with Crippen LogP contribution in [0, 0.1) is 12.7 Å². The number of hydrogen-bond acceptors (Lipinski definition) is 1. The van der Waals surface area contributed by atoms with Gasteiger partial charge in [-0.25, -0.2) is 9.37 Å². The van der Waals surface area contributed by atoms with Crippen LogP contribution in [0.3, 0.4) is 0 Å². The molecule has 3 rings (SSSR count). The molecule has 108 valence electrons. The molecule has 2 nitrogen and oxygen atoms in total. The largest absolute Gasteiger partial charge is 0.295 e. The van der Waals surface area contributed by atoms with Crippen molar-refractivity contribution in [3.8, 4) is 5.69 Å². The Morgan fingerprint density at radius 2 is 2.10 bits per heavy atom. The molecule has 1 aromatic heterocycles. The lowest BCUT2D eigenvalue weighted by Gasteiger charge is -2.12. The molecule has 0 aliphatic rings. The van der Waals surface area contributed by atoms with E-state index >= 15 is 0 Å². The number of benzene rings is 2. The molecule has 6 heteroatoms. The highest BCUT2D eigenvalue weighted by atomic mass is 79.9. The number of fused-ring (bicyclic) bond motifs is 1. The Labute approximate surface area is 139 Å². The zero-order valence-corrected chi connectivity index (χ0v) is 14.1. The van der Waals surface area contributed by atoms with E-state index < -0.39 is 0 Å². The number of para-hydroxylation sites is 1. The first-order chi connectivity index (χ1) is 10.0. The van der Waals surface area contributed by atoms with Crippen molar-refractivity contribution in [2.75, 3.05) is 0 Å². The summed E-state index contributed by atoms with van der Waals surface area (Å²) in [5, 5.41) is 0.566. The van der Waals surface area contributed by atoms with Crippen molar-refractivity contribution < 1.29 is 4.39 Å². The lowest BCUT2D eigenvalue weighted by atomic mass is 10.2. The molecule has 0 saturated carbocycles. The molecule has 3 aromatic rings. The Kier molecular flexibility index (Phi) is 3.95. The summed E-state index contributed by atoms with van der Waals surface area (Å²) in [4.78, 5) is 4.49. The van der Waals surface area contributed by atoms with Gasteiger partial charge in [0.2, 0.25) is 0 Å². The van der Waals surface area contributed by atoms with Gasteiger partial charge in [-0.3, -0.25) is 4.57 Å². The van der Waals surface area contributed by atoms with Crippen molar-refractivity contribution in [3.05, 3.63) is 57.0 Å². The van der Waals surface area contributed by atoms with Crippen LogP contribution in [0.1, 0.15) is 11.4 Å². The zero-order valence-electron chi connectivity index (χ0n) is 11.0. The predicted octanol–water partition coefficient (Wildman–Crippen LogP) is 5.63. The molecule has 21 heavy (non-hydrogen) atoms. The highest BCUT2D eigenvalue weighted by Gasteiger charge is 2.16. The van der Waals surface area contributed by atoms with E-state index in [1.165, 1.54) is 6.07 Å². The number of alkyl halides is 1. The molecule has 0 spiro atoms. The van der Waals surface area contributed by atoms with Gasteiger partial charge in [0.25, 0.3) is 0 Å². The Balaban J connectivity index is 2.39. The average molecular weight is 388 g/mol. The van der Waals surface area contributed by atoms with Gasteiger partial charge in [-0.1, -0.05) is 17.7 Å². The first-order valence-electron chi connectivity index (χ1n) is 6.20. The van der Waals surface area contributed by atoms with Crippen LogP contribution >= 0.6 is 39.1 Å². The summed E-state index contributed by atoms with van der Waals surface area (Å²) in [5.74, 6) is 0.604. The van der Waals surface area contributed by atoms with Crippen molar-refractivity contribution in [2.24, 2.45) is 0 Å². The van der Waals surface area contributed by atoms with Crippen molar-refractivity contribution >= 4 is 50.2 Å². The Hall–Kier alpha value is -1.10. The summed E-state index contributed by atoms with van der Waals surface area (Å²) in [7, 11) is 0. The normalized spacial score (nSPS) is 11.3. The van der Waals surface area contributed by atoms with E-state index in [9.17, 15) is 4.39 Å². The smallest absolute Gasteiger partial charge is 0.137 e. The van der Waals surface area contributed by atoms with Gasteiger partial charge < -0.3 is 0 Å². The van der Waals surface area contributed by atoms with Gasteiger partial charge in [0.05, 0.1) is 26.6 Å². The minimum atomic E-state index is -0.300. The predicted molar refractivity (Wildman–Crippen MR) is 88.0 cm³/mol. The van der Waals surface area contributed by atoms with Gasteiger partial charge in [0.15, 0.2) is 0 Å². The molecule has 0 aliphatic heterocycles. The Morgan fingerprint density at radius 3 is 2.81 bits per heavy atom. The SMILES string of the molecule is Cc1cc(F)c(Br)cc1-n1c(CCl)nc2c(Cl)cccc21. The fourth-order valence-corrected chi connectivity index (χ4v) is 3.07. The molecule has 0 N–H and O–H groups in total. The monoisotopic (exact) mass is 386 g/mol. The lowest BCUT2D eigenvalue weighted by molar-refractivity contribution is 0.619. The molecule has 0 saturated heterocycles. The summed E-state index contributed by atoms with van der Waals surface area (Å²) < 4.78 is 15.9. The summed E-state index contributed by atoms with van der Waals surface area (Å²) in [6, 6.07) is 8.76. The standard InChI is InChI=1S/C15H10BrCl2FN2/c1-8-5-11(19)9(16)6-13(8)21-12-4-2-3-10(18)15(12)20-14(21)7-17/h2-6H,7H2,1H3. The van der Waals surface area contributed by atoms with Crippen LogP contribution in [0.5, 0.6) is 0 Å². The summed E-state index contributed by atoms with van der Waals surface area (Å²) in [6.45, 7) is 1.85. The second-order valence-corrected chi connectivity index (χ2v) is 6.19. The highest BCUT2D eigenvalue weighted by molar-refractivity contribution is 9.10. The molecule has 0 fully saturated rings. The van der Waals surface area contributed by atoms with E-state index in [1.54, 1.807) is 12.1 Å². The van der Waals surface area contributed by atoms with Gasteiger partial charge >= 0.3 is 0 Å². The maximum absolute atomic E-state index is 13.6. The van der Waals surface area contributed by atoms with E-state index in [1.807, 2.05) is 23.6 Å². The number of aryl methyl sites for hydroxylation is 1. The molecule has 0 amide bonds. The van der Waals surface area contributed by atoms with Crippen molar-refractivity contribution in [1.29, 1.82) is 0 Å². The third kappa shape index (κ3) is 2.45. The molecular weight excluding hydrogens is 378 g/mol. The van der Waals surface area contributed by atoms with Crippen LogP contribution < -0.4 is 0 Å². The van der Waals surface area contributed by atoms with Crippen LogP contribution in [0.25, 0.3) is 16.7 Å². The zero-order chi connectivity index (χ0) is 15.1. The van der Waals surface area contributed by atoms with Crippen LogP contribution in [-0.2, 0) is 5.88 Å². The molecule has 2 aromatic carbocycles. The minimum Gasteiger partial charge on any atom is -0.295 e. The molecule has 0 bridgehead atoms. The van der Waals surface area contributed by atoms with Gasteiger partial charge in [-0.15, -0.1) is 11.6 Å². The summed E-state index contributed by atoms with van der Waals surface area (Å²) in [5.41, 5.74) is 3.15.